The largest absolute Gasteiger partial charge is 0.346 e. The fraction of sp³-hybridized carbons (Fsp3) is 0.371. The zero-order valence-corrected chi connectivity index (χ0v) is 26.4. The molecule has 46 heavy (non-hydrogen) atoms. The van der Waals surface area contributed by atoms with Crippen molar-refractivity contribution in [3.63, 3.8) is 0 Å². The highest BCUT2D eigenvalue weighted by atomic mass is 16.7. The standard InChI is InChI=1S/C35H38N8O3/c1-4-5-12-31-36-30-18-17-25(35(34(45)41(2)3)21-26-9-8-19-43(26)46-35)20-29(30)33(44)42(31)22-23-13-15-24(16-14-23)27-10-6-7-11-28(27)32-37-39-40-38-32/h6-7,10-11,13-18,20,26H,4-5,8-9,12,19,21-22H2,1-3H3,(H,37,38,39,40)/t26-,35-/m1/s1. The molecule has 11 heteroatoms. The van der Waals surface area contributed by atoms with Gasteiger partial charge in [-0.3, -0.25) is 19.0 Å². The van der Waals surface area contributed by atoms with E-state index >= 15 is 0 Å². The van der Waals surface area contributed by atoms with Gasteiger partial charge >= 0.3 is 0 Å². The van der Waals surface area contributed by atoms with E-state index < -0.39 is 5.60 Å². The normalized spacial score (nSPS) is 19.5. The van der Waals surface area contributed by atoms with Gasteiger partial charge in [-0.2, -0.15) is 10.3 Å². The Hall–Kier alpha value is -4.74. The second kappa shape index (κ2) is 12.2. The van der Waals surface area contributed by atoms with Gasteiger partial charge < -0.3 is 4.90 Å². The Morgan fingerprint density at radius 1 is 1.09 bits per heavy atom. The van der Waals surface area contributed by atoms with Crippen molar-refractivity contribution in [1.29, 1.82) is 0 Å². The van der Waals surface area contributed by atoms with Gasteiger partial charge in [0.2, 0.25) is 5.82 Å². The van der Waals surface area contributed by atoms with Gasteiger partial charge in [-0.05, 0) is 58.9 Å². The Balaban J connectivity index is 1.26. The smallest absolute Gasteiger partial charge is 0.261 e. The number of fused-ring (bicyclic) bond motifs is 2. The van der Waals surface area contributed by atoms with Crippen molar-refractivity contribution in [2.45, 2.75) is 63.6 Å². The van der Waals surface area contributed by atoms with Gasteiger partial charge in [-0.25, -0.2) is 4.98 Å². The average Bonchev–Trinajstić information content (AvgIpc) is 3.84. The molecule has 7 rings (SSSR count). The zero-order chi connectivity index (χ0) is 31.8. The molecule has 2 saturated heterocycles. The number of hydroxylamine groups is 2. The number of nitrogens with one attached hydrogen (secondary N) is 1. The summed E-state index contributed by atoms with van der Waals surface area (Å²) in [6.45, 7) is 3.32. The van der Waals surface area contributed by atoms with E-state index in [0.717, 1.165) is 60.3 Å². The number of aryl methyl sites for hydroxylation is 1. The summed E-state index contributed by atoms with van der Waals surface area (Å²) in [5, 5.41) is 17.0. The number of aromatic nitrogens is 6. The van der Waals surface area contributed by atoms with Crippen molar-refractivity contribution in [1.82, 2.24) is 40.1 Å². The highest BCUT2D eigenvalue weighted by Crippen LogP contribution is 2.45. The van der Waals surface area contributed by atoms with Crippen molar-refractivity contribution in [2.24, 2.45) is 0 Å². The molecule has 2 atom stereocenters. The molecule has 2 aliphatic heterocycles. The second-order valence-electron chi connectivity index (χ2n) is 12.5. The molecule has 0 aliphatic carbocycles. The molecule has 236 valence electrons. The van der Waals surface area contributed by atoms with Gasteiger partial charge in [0.1, 0.15) is 5.82 Å². The van der Waals surface area contributed by atoms with Crippen LogP contribution in [0.1, 0.15) is 56.0 Å². The van der Waals surface area contributed by atoms with Crippen molar-refractivity contribution < 1.29 is 9.63 Å². The molecule has 2 aliphatic rings. The van der Waals surface area contributed by atoms with Crippen molar-refractivity contribution in [3.8, 4) is 22.5 Å². The molecule has 2 aromatic heterocycles. The van der Waals surface area contributed by atoms with E-state index in [0.29, 0.717) is 41.7 Å². The van der Waals surface area contributed by atoms with Crippen LogP contribution in [-0.2, 0) is 28.2 Å². The van der Waals surface area contributed by atoms with Crippen molar-refractivity contribution in [2.75, 3.05) is 20.6 Å². The van der Waals surface area contributed by atoms with Crippen LogP contribution in [0.2, 0.25) is 0 Å². The maximum atomic E-state index is 14.3. The number of hydrogen-bond acceptors (Lipinski definition) is 8. The van der Waals surface area contributed by atoms with E-state index in [2.05, 4.69) is 39.7 Å². The Bertz CT molecular complexity index is 1920. The fourth-order valence-corrected chi connectivity index (χ4v) is 6.87. The SMILES string of the molecule is CCCCc1nc2ccc([C@@]3(C(=O)N(C)C)C[C@H]4CCCN4O3)cc2c(=O)n1Cc1ccc(-c2ccccc2-c2nn[nH]n2)cc1. The molecule has 4 heterocycles. The fourth-order valence-electron chi connectivity index (χ4n) is 6.87. The van der Waals surface area contributed by atoms with Crippen LogP contribution >= 0.6 is 0 Å². The first-order chi connectivity index (χ1) is 22.4. The van der Waals surface area contributed by atoms with Gasteiger partial charge in [-0.1, -0.05) is 67.9 Å². The molecule has 5 aromatic rings. The number of tetrazole rings is 1. The maximum absolute atomic E-state index is 14.3. The number of benzene rings is 3. The van der Waals surface area contributed by atoms with Crippen molar-refractivity contribution in [3.05, 3.63) is 94.0 Å². The lowest BCUT2D eigenvalue weighted by atomic mass is 9.86. The third kappa shape index (κ3) is 5.29. The van der Waals surface area contributed by atoms with E-state index in [9.17, 15) is 9.59 Å². The molecule has 0 saturated carbocycles. The summed E-state index contributed by atoms with van der Waals surface area (Å²) in [4.78, 5) is 41.0. The van der Waals surface area contributed by atoms with E-state index in [1.54, 1.807) is 23.6 Å². The maximum Gasteiger partial charge on any atom is 0.261 e. The number of H-pyrrole nitrogens is 1. The number of likely N-dealkylation sites (N-methyl/N-ethyl adjacent to an activating group) is 1. The summed E-state index contributed by atoms with van der Waals surface area (Å²) in [5.41, 5.74) is 3.93. The topological polar surface area (TPSA) is 122 Å². The Morgan fingerprint density at radius 3 is 2.61 bits per heavy atom. The highest BCUT2D eigenvalue weighted by Gasteiger charge is 2.54. The third-order valence-corrected chi connectivity index (χ3v) is 9.24. The minimum absolute atomic E-state index is 0.115. The quantitative estimate of drug-likeness (QED) is 0.252. The second-order valence-corrected chi connectivity index (χ2v) is 12.5. The zero-order valence-electron chi connectivity index (χ0n) is 26.4. The van der Waals surface area contributed by atoms with Gasteiger partial charge in [0.15, 0.2) is 5.60 Å². The number of carbonyl (C=O) groups is 1. The first-order valence-electron chi connectivity index (χ1n) is 16.0. The number of hydrogen-bond donors (Lipinski definition) is 1. The monoisotopic (exact) mass is 618 g/mol. The van der Waals surface area contributed by atoms with Crippen LogP contribution in [0.4, 0.5) is 0 Å². The molecule has 11 nitrogen and oxygen atoms in total. The Morgan fingerprint density at radius 2 is 1.89 bits per heavy atom. The lowest BCUT2D eigenvalue weighted by molar-refractivity contribution is -0.208. The predicted molar refractivity (Wildman–Crippen MR) is 175 cm³/mol. The van der Waals surface area contributed by atoms with Crippen LogP contribution in [0.3, 0.4) is 0 Å². The van der Waals surface area contributed by atoms with Gasteiger partial charge in [0, 0.05) is 45.1 Å². The molecule has 0 spiro atoms. The summed E-state index contributed by atoms with van der Waals surface area (Å²) >= 11 is 0. The van der Waals surface area contributed by atoms with E-state index in [1.165, 1.54) is 0 Å². The summed E-state index contributed by atoms with van der Waals surface area (Å²) in [7, 11) is 3.50. The van der Waals surface area contributed by atoms with Gasteiger partial charge in [-0.15, -0.1) is 10.2 Å². The summed E-state index contributed by atoms with van der Waals surface area (Å²) in [5.74, 6) is 1.18. The average molecular weight is 619 g/mol. The van der Waals surface area contributed by atoms with Crippen LogP contribution in [0.15, 0.2) is 71.5 Å². The summed E-state index contributed by atoms with van der Waals surface area (Å²) in [6, 6.07) is 22.0. The van der Waals surface area contributed by atoms with E-state index in [4.69, 9.17) is 9.82 Å². The van der Waals surface area contributed by atoms with Crippen LogP contribution in [-0.4, -0.2) is 72.7 Å². The van der Waals surface area contributed by atoms with Gasteiger partial charge in [0.05, 0.1) is 17.4 Å². The molecule has 3 aromatic carbocycles. The molecule has 2 fully saturated rings. The number of aromatic amines is 1. The number of nitrogens with zero attached hydrogens (tertiary/aromatic N) is 7. The lowest BCUT2D eigenvalue weighted by Crippen LogP contribution is -2.44. The first kappa shape index (κ1) is 29.9. The molecular formula is C35H38N8O3. The molecular weight excluding hydrogens is 580 g/mol. The minimum atomic E-state index is -1.16. The lowest BCUT2D eigenvalue weighted by Gasteiger charge is -2.31. The van der Waals surface area contributed by atoms with Gasteiger partial charge in [0.25, 0.3) is 11.5 Å². The Labute approximate surface area is 267 Å². The van der Waals surface area contributed by atoms with Crippen LogP contribution in [0.25, 0.3) is 33.4 Å². The Kier molecular flexibility index (Phi) is 7.95. The summed E-state index contributed by atoms with van der Waals surface area (Å²) < 4.78 is 1.79. The van der Waals surface area contributed by atoms with E-state index in [-0.39, 0.29) is 17.5 Å². The predicted octanol–water partition coefficient (Wildman–Crippen LogP) is 4.72. The van der Waals surface area contributed by atoms with Crippen LogP contribution in [0.5, 0.6) is 0 Å². The first-order valence-corrected chi connectivity index (χ1v) is 16.0. The molecule has 1 amide bonds. The molecule has 0 radical (unpaired) electrons. The number of unbranched alkanes of at least 4 members (excludes halogenated alkanes) is 1. The minimum Gasteiger partial charge on any atom is -0.346 e. The molecule has 1 N–H and O–H groups in total. The summed E-state index contributed by atoms with van der Waals surface area (Å²) in [6.07, 6.45) is 5.22. The molecule has 0 bridgehead atoms. The third-order valence-electron chi connectivity index (χ3n) is 9.24. The number of carbonyl (C=O) groups excluding carboxylic acids is 1. The van der Waals surface area contributed by atoms with E-state index in [1.807, 2.05) is 59.7 Å². The highest BCUT2D eigenvalue weighted by molar-refractivity contribution is 5.89. The number of rotatable bonds is 9. The van der Waals surface area contributed by atoms with Crippen LogP contribution < -0.4 is 5.56 Å². The van der Waals surface area contributed by atoms with Crippen molar-refractivity contribution >= 4 is 16.8 Å². The van der Waals surface area contributed by atoms with Crippen LogP contribution in [0, 0.1) is 0 Å². The molecule has 0 unspecified atom stereocenters. The number of amides is 1.